The summed E-state index contributed by atoms with van der Waals surface area (Å²) in [6, 6.07) is 7.75. The van der Waals surface area contributed by atoms with Gasteiger partial charge in [0.25, 0.3) is 0 Å². The zero-order valence-electron chi connectivity index (χ0n) is 13.4. The van der Waals surface area contributed by atoms with Crippen LogP contribution in [0.2, 0.25) is 0 Å². The Hall–Kier alpha value is -2.08. The van der Waals surface area contributed by atoms with Gasteiger partial charge in [-0.05, 0) is 49.9 Å². The van der Waals surface area contributed by atoms with Crippen molar-refractivity contribution in [2.75, 3.05) is 23.4 Å². The van der Waals surface area contributed by atoms with Gasteiger partial charge >= 0.3 is 6.03 Å². The molecule has 0 spiro atoms. The summed E-state index contributed by atoms with van der Waals surface area (Å²) in [5, 5.41) is 5.70. The van der Waals surface area contributed by atoms with Crippen molar-refractivity contribution in [2.24, 2.45) is 0 Å². The predicted octanol–water partition coefficient (Wildman–Crippen LogP) is 2.50. The van der Waals surface area contributed by atoms with Crippen LogP contribution in [0.25, 0.3) is 0 Å². The molecule has 2 N–H and O–H groups in total. The summed E-state index contributed by atoms with van der Waals surface area (Å²) in [6.45, 7) is 2.97. The molecule has 23 heavy (non-hydrogen) atoms. The first-order chi connectivity index (χ1) is 11.1. The molecule has 1 aromatic rings. The van der Waals surface area contributed by atoms with E-state index < -0.39 is 0 Å². The summed E-state index contributed by atoms with van der Waals surface area (Å²) in [7, 11) is 0. The average molecular weight is 317 g/mol. The van der Waals surface area contributed by atoms with Crippen molar-refractivity contribution in [1.29, 1.82) is 0 Å². The van der Waals surface area contributed by atoms with E-state index in [1.165, 1.54) is 0 Å². The first kappa shape index (κ1) is 15.8. The van der Waals surface area contributed by atoms with Crippen LogP contribution in [0.5, 0.6) is 0 Å². The van der Waals surface area contributed by atoms with Crippen molar-refractivity contribution in [2.45, 2.75) is 44.7 Å². The number of carbonyl (C=O) groups is 2. The maximum atomic E-state index is 12.0. The number of benzene rings is 1. The van der Waals surface area contributed by atoms with Crippen LogP contribution < -0.4 is 15.5 Å². The lowest BCUT2D eigenvalue weighted by molar-refractivity contribution is -0.117. The maximum Gasteiger partial charge on any atom is 0.319 e. The SMILES string of the molecule is CC(=O)N(c1ccc(NC(=O)NC2CC2)cc1)C1CCOCC1. The molecular formula is C17H23N3O3. The third-order valence-corrected chi connectivity index (χ3v) is 4.21. The first-order valence-corrected chi connectivity index (χ1v) is 8.18. The van der Waals surface area contributed by atoms with Crippen LogP contribution in [0, 0.1) is 0 Å². The summed E-state index contributed by atoms with van der Waals surface area (Å²) in [4.78, 5) is 25.6. The molecule has 0 radical (unpaired) electrons. The smallest absolute Gasteiger partial charge is 0.319 e. The molecule has 0 bridgehead atoms. The van der Waals surface area contributed by atoms with E-state index in [4.69, 9.17) is 4.74 Å². The van der Waals surface area contributed by atoms with Crippen molar-refractivity contribution < 1.29 is 14.3 Å². The minimum Gasteiger partial charge on any atom is -0.381 e. The van der Waals surface area contributed by atoms with E-state index in [-0.39, 0.29) is 18.0 Å². The summed E-state index contributed by atoms with van der Waals surface area (Å²) < 4.78 is 5.37. The molecule has 1 aromatic carbocycles. The molecule has 0 atom stereocenters. The van der Waals surface area contributed by atoms with Gasteiger partial charge in [0.1, 0.15) is 0 Å². The molecule has 1 saturated heterocycles. The van der Waals surface area contributed by atoms with Crippen LogP contribution in [0.15, 0.2) is 24.3 Å². The number of amides is 3. The molecular weight excluding hydrogens is 294 g/mol. The van der Waals surface area contributed by atoms with E-state index in [1.807, 2.05) is 29.2 Å². The highest BCUT2D eigenvalue weighted by atomic mass is 16.5. The second-order valence-corrected chi connectivity index (χ2v) is 6.15. The number of hydrogen-bond acceptors (Lipinski definition) is 3. The number of nitrogens with zero attached hydrogens (tertiary/aromatic N) is 1. The number of ether oxygens (including phenoxy) is 1. The van der Waals surface area contributed by atoms with Gasteiger partial charge in [-0.3, -0.25) is 4.79 Å². The Morgan fingerprint density at radius 3 is 2.30 bits per heavy atom. The Kier molecular flexibility index (Phi) is 4.81. The minimum absolute atomic E-state index is 0.0316. The molecule has 2 aliphatic rings. The van der Waals surface area contributed by atoms with Gasteiger partial charge in [0.15, 0.2) is 0 Å². The van der Waals surface area contributed by atoms with Gasteiger partial charge in [-0.1, -0.05) is 0 Å². The Morgan fingerprint density at radius 2 is 1.74 bits per heavy atom. The fourth-order valence-corrected chi connectivity index (χ4v) is 2.88. The van der Waals surface area contributed by atoms with Crippen molar-refractivity contribution in [1.82, 2.24) is 5.32 Å². The molecule has 1 saturated carbocycles. The summed E-state index contributed by atoms with van der Waals surface area (Å²) in [6.07, 6.45) is 3.82. The fraction of sp³-hybridized carbons (Fsp3) is 0.529. The normalized spacial score (nSPS) is 18.3. The van der Waals surface area contributed by atoms with E-state index in [0.717, 1.165) is 37.1 Å². The number of rotatable bonds is 4. The highest BCUT2D eigenvalue weighted by molar-refractivity contribution is 5.93. The van der Waals surface area contributed by atoms with Gasteiger partial charge in [-0.2, -0.15) is 0 Å². The van der Waals surface area contributed by atoms with Gasteiger partial charge in [0.05, 0.1) is 0 Å². The summed E-state index contributed by atoms with van der Waals surface area (Å²) in [5.74, 6) is 0.0316. The molecule has 3 rings (SSSR count). The second kappa shape index (κ2) is 7.00. The van der Waals surface area contributed by atoms with Crippen molar-refractivity contribution in [3.05, 3.63) is 24.3 Å². The number of carbonyl (C=O) groups excluding carboxylic acids is 2. The molecule has 0 aromatic heterocycles. The van der Waals surface area contributed by atoms with Gasteiger partial charge in [0, 0.05) is 43.6 Å². The van der Waals surface area contributed by atoms with Gasteiger partial charge in [0.2, 0.25) is 5.91 Å². The molecule has 2 fully saturated rings. The van der Waals surface area contributed by atoms with Crippen LogP contribution in [0.3, 0.4) is 0 Å². The lowest BCUT2D eigenvalue weighted by Crippen LogP contribution is -2.42. The molecule has 1 aliphatic heterocycles. The Balaban J connectivity index is 1.65. The van der Waals surface area contributed by atoms with E-state index >= 15 is 0 Å². The van der Waals surface area contributed by atoms with Crippen molar-refractivity contribution in [3.8, 4) is 0 Å². The second-order valence-electron chi connectivity index (χ2n) is 6.15. The third kappa shape index (κ3) is 4.22. The molecule has 6 heteroatoms. The lowest BCUT2D eigenvalue weighted by atomic mass is 10.1. The number of hydrogen-bond donors (Lipinski definition) is 2. The summed E-state index contributed by atoms with van der Waals surface area (Å²) in [5.41, 5.74) is 1.58. The van der Waals surface area contributed by atoms with Crippen LogP contribution in [-0.4, -0.2) is 37.2 Å². The molecule has 3 amide bonds. The molecule has 1 aliphatic carbocycles. The van der Waals surface area contributed by atoms with Crippen LogP contribution in [0.1, 0.15) is 32.6 Å². The monoisotopic (exact) mass is 317 g/mol. The quantitative estimate of drug-likeness (QED) is 0.896. The minimum atomic E-state index is -0.173. The first-order valence-electron chi connectivity index (χ1n) is 8.18. The van der Waals surface area contributed by atoms with Crippen LogP contribution in [-0.2, 0) is 9.53 Å². The van der Waals surface area contributed by atoms with Crippen LogP contribution in [0.4, 0.5) is 16.2 Å². The molecule has 124 valence electrons. The third-order valence-electron chi connectivity index (χ3n) is 4.21. The van der Waals surface area contributed by atoms with Gasteiger partial charge < -0.3 is 20.3 Å². The number of urea groups is 1. The van der Waals surface area contributed by atoms with Crippen molar-refractivity contribution >= 4 is 23.3 Å². The highest BCUT2D eigenvalue weighted by Crippen LogP contribution is 2.25. The zero-order valence-corrected chi connectivity index (χ0v) is 13.4. The fourth-order valence-electron chi connectivity index (χ4n) is 2.88. The van der Waals surface area contributed by atoms with E-state index in [9.17, 15) is 9.59 Å². The number of anilines is 2. The average Bonchev–Trinajstić information content (AvgIpc) is 3.34. The van der Waals surface area contributed by atoms with Crippen LogP contribution >= 0.6 is 0 Å². The maximum absolute atomic E-state index is 12.0. The van der Waals surface area contributed by atoms with E-state index in [1.54, 1.807) is 6.92 Å². The Bertz CT molecular complexity index is 563. The molecule has 0 unspecified atom stereocenters. The molecule has 1 heterocycles. The Morgan fingerprint density at radius 1 is 1.09 bits per heavy atom. The largest absolute Gasteiger partial charge is 0.381 e. The van der Waals surface area contributed by atoms with E-state index in [2.05, 4.69) is 10.6 Å². The highest BCUT2D eigenvalue weighted by Gasteiger charge is 2.25. The topological polar surface area (TPSA) is 70.7 Å². The predicted molar refractivity (Wildman–Crippen MR) is 88.6 cm³/mol. The Labute approximate surface area is 136 Å². The standard InChI is InChI=1S/C17H23N3O3/c1-12(21)20(16-8-10-23-11-9-16)15-6-4-14(5-7-15)19-17(22)18-13-2-3-13/h4-7,13,16H,2-3,8-11H2,1H3,(H2,18,19,22). The molecule has 6 nitrogen and oxygen atoms in total. The lowest BCUT2D eigenvalue weighted by Gasteiger charge is -2.33. The van der Waals surface area contributed by atoms with Crippen molar-refractivity contribution in [3.63, 3.8) is 0 Å². The van der Waals surface area contributed by atoms with Gasteiger partial charge in [-0.15, -0.1) is 0 Å². The van der Waals surface area contributed by atoms with E-state index in [0.29, 0.717) is 19.3 Å². The van der Waals surface area contributed by atoms with Gasteiger partial charge in [-0.25, -0.2) is 4.79 Å². The summed E-state index contributed by atoms with van der Waals surface area (Å²) >= 11 is 0. The zero-order chi connectivity index (χ0) is 16.2. The number of nitrogens with one attached hydrogen (secondary N) is 2.